The van der Waals surface area contributed by atoms with Crippen LogP contribution in [0.5, 0.6) is 0 Å². The first kappa shape index (κ1) is 29.3. The van der Waals surface area contributed by atoms with Crippen molar-refractivity contribution in [2.45, 2.75) is 52.0 Å². The van der Waals surface area contributed by atoms with Crippen molar-refractivity contribution < 1.29 is 22.8 Å². The van der Waals surface area contributed by atoms with E-state index in [9.17, 15) is 27.6 Å². The van der Waals surface area contributed by atoms with E-state index in [1.807, 2.05) is 13.8 Å². The van der Waals surface area contributed by atoms with Crippen molar-refractivity contribution in [2.24, 2.45) is 0 Å². The highest BCUT2D eigenvalue weighted by Crippen LogP contribution is 2.36. The fraction of sp³-hybridized carbons (Fsp3) is 0.346. The summed E-state index contributed by atoms with van der Waals surface area (Å²) >= 11 is 12.2. The SMILES string of the molecule is CNC(=O)c1cnc(-n2c(NC(C)C)nc3c(c2=O)C[C@@H](C)N(C(=O)c2ccc(Cl)c(C(F)(F)F)c2)C3)c(Cl)c1. The number of halogens is 5. The van der Waals surface area contributed by atoms with E-state index in [1.54, 1.807) is 6.92 Å². The van der Waals surface area contributed by atoms with Crippen molar-refractivity contribution in [3.05, 3.63) is 78.8 Å². The van der Waals surface area contributed by atoms with Gasteiger partial charge >= 0.3 is 6.18 Å². The largest absolute Gasteiger partial charge is 0.417 e. The number of pyridine rings is 1. The third-order valence-electron chi connectivity index (χ3n) is 6.33. The van der Waals surface area contributed by atoms with Crippen LogP contribution in [0.4, 0.5) is 19.1 Å². The quantitative estimate of drug-likeness (QED) is 0.441. The first-order chi connectivity index (χ1) is 18.7. The van der Waals surface area contributed by atoms with E-state index in [-0.39, 0.29) is 46.9 Å². The van der Waals surface area contributed by atoms with Crippen LogP contribution in [0, 0.1) is 0 Å². The number of carbonyl (C=O) groups is 2. The van der Waals surface area contributed by atoms with Crippen molar-refractivity contribution in [1.29, 1.82) is 0 Å². The topological polar surface area (TPSA) is 109 Å². The molecular formula is C26H25Cl2F3N6O3. The Labute approximate surface area is 237 Å². The molecule has 212 valence electrons. The summed E-state index contributed by atoms with van der Waals surface area (Å²) in [5, 5.41) is 5.09. The molecule has 2 aromatic heterocycles. The van der Waals surface area contributed by atoms with E-state index in [4.69, 9.17) is 23.2 Å². The number of aromatic nitrogens is 3. The maximum atomic E-state index is 13.8. The summed E-state index contributed by atoms with van der Waals surface area (Å²) in [6, 6.07) is 3.66. The van der Waals surface area contributed by atoms with E-state index in [0.717, 1.165) is 12.1 Å². The number of nitrogens with zero attached hydrogens (tertiary/aromatic N) is 4. The van der Waals surface area contributed by atoms with Gasteiger partial charge in [0.15, 0.2) is 5.82 Å². The number of alkyl halides is 3. The van der Waals surface area contributed by atoms with Crippen LogP contribution < -0.4 is 16.2 Å². The summed E-state index contributed by atoms with van der Waals surface area (Å²) in [5.74, 6) is -0.892. The number of benzene rings is 1. The zero-order valence-electron chi connectivity index (χ0n) is 21.9. The fourth-order valence-electron chi connectivity index (χ4n) is 4.39. The Kier molecular flexibility index (Phi) is 8.13. The first-order valence-electron chi connectivity index (χ1n) is 12.2. The van der Waals surface area contributed by atoms with Gasteiger partial charge in [-0.15, -0.1) is 0 Å². The molecule has 0 aliphatic carbocycles. The first-order valence-corrected chi connectivity index (χ1v) is 13.0. The number of carbonyl (C=O) groups excluding carboxylic acids is 2. The van der Waals surface area contributed by atoms with Gasteiger partial charge in [0.05, 0.1) is 33.4 Å². The molecule has 2 amide bonds. The van der Waals surface area contributed by atoms with Gasteiger partial charge in [-0.05, 0) is 51.5 Å². The van der Waals surface area contributed by atoms with Gasteiger partial charge < -0.3 is 15.5 Å². The highest BCUT2D eigenvalue weighted by molar-refractivity contribution is 6.32. The van der Waals surface area contributed by atoms with E-state index < -0.39 is 40.2 Å². The lowest BCUT2D eigenvalue weighted by Gasteiger charge is -2.35. The number of anilines is 1. The number of amides is 2. The zero-order valence-corrected chi connectivity index (χ0v) is 23.4. The average Bonchev–Trinajstić information content (AvgIpc) is 2.88. The summed E-state index contributed by atoms with van der Waals surface area (Å²) in [5.41, 5.74) is -0.966. The fourth-order valence-corrected chi connectivity index (χ4v) is 4.86. The molecule has 0 saturated carbocycles. The minimum Gasteiger partial charge on any atom is -0.355 e. The number of rotatable bonds is 5. The number of fused-ring (bicyclic) bond motifs is 1. The highest BCUT2D eigenvalue weighted by Gasteiger charge is 2.36. The molecule has 14 heteroatoms. The lowest BCUT2D eigenvalue weighted by Crippen LogP contribution is -2.46. The molecule has 2 N–H and O–H groups in total. The van der Waals surface area contributed by atoms with E-state index >= 15 is 0 Å². The Balaban J connectivity index is 1.78. The summed E-state index contributed by atoms with van der Waals surface area (Å²) < 4.78 is 41.4. The molecule has 1 aromatic carbocycles. The summed E-state index contributed by atoms with van der Waals surface area (Å²) in [4.78, 5) is 49.4. The standard InChI is InChI=1S/C26H25Cl2F3N6O3/c1-12(2)34-25-35-20-11-36(23(39)14-5-6-18(27)17(8-14)26(29,30)31)13(3)7-16(20)24(40)37(25)21-19(28)9-15(10-33-21)22(38)32-4/h5-6,8-10,12-13H,7,11H2,1-4H3,(H,32,38)(H,34,35)/t13-/m1/s1. The lowest BCUT2D eigenvalue weighted by molar-refractivity contribution is -0.137. The summed E-state index contributed by atoms with van der Waals surface area (Å²) in [6.07, 6.45) is -3.36. The van der Waals surface area contributed by atoms with Crippen molar-refractivity contribution in [1.82, 2.24) is 24.8 Å². The molecule has 3 aromatic rings. The maximum absolute atomic E-state index is 13.8. The normalized spacial score (nSPS) is 15.2. The van der Waals surface area contributed by atoms with Crippen LogP contribution in [0.3, 0.4) is 0 Å². The molecule has 9 nitrogen and oxygen atoms in total. The molecule has 40 heavy (non-hydrogen) atoms. The van der Waals surface area contributed by atoms with Gasteiger partial charge in [-0.25, -0.2) is 14.5 Å². The monoisotopic (exact) mass is 596 g/mol. The number of hydrogen-bond acceptors (Lipinski definition) is 6. The molecule has 1 atom stereocenters. The summed E-state index contributed by atoms with van der Waals surface area (Å²) in [7, 11) is 1.46. The Morgan fingerprint density at radius 3 is 2.42 bits per heavy atom. The molecule has 0 saturated heterocycles. The Morgan fingerprint density at radius 1 is 1.12 bits per heavy atom. The average molecular weight is 597 g/mol. The highest BCUT2D eigenvalue weighted by atomic mass is 35.5. The van der Waals surface area contributed by atoms with Gasteiger partial charge in [-0.2, -0.15) is 13.2 Å². The van der Waals surface area contributed by atoms with Crippen LogP contribution in [0.1, 0.15) is 58.3 Å². The predicted octanol–water partition coefficient (Wildman–Crippen LogP) is 4.72. The Bertz CT molecular complexity index is 1560. The van der Waals surface area contributed by atoms with Crippen LogP contribution in [0.15, 0.2) is 35.3 Å². The second kappa shape index (κ2) is 11.1. The van der Waals surface area contributed by atoms with Crippen molar-refractivity contribution in [3.8, 4) is 5.82 Å². The molecular weight excluding hydrogens is 572 g/mol. The molecule has 0 spiro atoms. The van der Waals surface area contributed by atoms with Crippen LogP contribution in [-0.2, 0) is 19.1 Å². The van der Waals surface area contributed by atoms with E-state index in [0.29, 0.717) is 11.3 Å². The molecule has 1 aliphatic heterocycles. The molecule has 0 bridgehead atoms. The van der Waals surface area contributed by atoms with Crippen LogP contribution >= 0.6 is 23.2 Å². The van der Waals surface area contributed by atoms with Crippen LogP contribution in [0.25, 0.3) is 5.82 Å². The summed E-state index contributed by atoms with van der Waals surface area (Å²) in [6.45, 7) is 5.24. The second-order valence-corrected chi connectivity index (χ2v) is 10.4. The molecule has 4 rings (SSSR count). The van der Waals surface area contributed by atoms with Crippen molar-refractivity contribution in [2.75, 3.05) is 12.4 Å². The van der Waals surface area contributed by atoms with Gasteiger partial charge in [0.2, 0.25) is 5.95 Å². The number of nitrogens with one attached hydrogen (secondary N) is 2. The Hall–Kier alpha value is -3.64. The number of hydrogen-bond donors (Lipinski definition) is 2. The predicted molar refractivity (Wildman–Crippen MR) is 144 cm³/mol. The van der Waals surface area contributed by atoms with Crippen LogP contribution in [0.2, 0.25) is 10.0 Å². The lowest BCUT2D eigenvalue weighted by atomic mass is 9.98. The van der Waals surface area contributed by atoms with Crippen LogP contribution in [-0.4, -0.2) is 50.4 Å². The van der Waals surface area contributed by atoms with Gasteiger partial charge in [0, 0.05) is 36.5 Å². The van der Waals surface area contributed by atoms with Gasteiger partial charge in [0.1, 0.15) is 0 Å². The molecule has 1 aliphatic rings. The van der Waals surface area contributed by atoms with Gasteiger partial charge in [-0.1, -0.05) is 23.2 Å². The molecule has 3 heterocycles. The van der Waals surface area contributed by atoms with Gasteiger partial charge in [0.25, 0.3) is 17.4 Å². The minimum absolute atomic E-state index is 0.0422. The Morgan fingerprint density at radius 2 is 1.82 bits per heavy atom. The van der Waals surface area contributed by atoms with Crippen molar-refractivity contribution in [3.63, 3.8) is 0 Å². The zero-order chi connectivity index (χ0) is 29.5. The third-order valence-corrected chi connectivity index (χ3v) is 6.94. The van der Waals surface area contributed by atoms with Crippen molar-refractivity contribution >= 4 is 41.0 Å². The van der Waals surface area contributed by atoms with E-state index in [2.05, 4.69) is 20.6 Å². The molecule has 0 radical (unpaired) electrons. The second-order valence-electron chi connectivity index (χ2n) is 9.59. The smallest absolute Gasteiger partial charge is 0.355 e. The third kappa shape index (κ3) is 5.64. The molecule has 0 fully saturated rings. The van der Waals surface area contributed by atoms with Gasteiger partial charge in [-0.3, -0.25) is 14.4 Å². The minimum atomic E-state index is -4.73. The van der Waals surface area contributed by atoms with E-state index in [1.165, 1.54) is 34.8 Å². The molecule has 0 unspecified atom stereocenters. The maximum Gasteiger partial charge on any atom is 0.417 e.